The Labute approximate surface area is 129 Å². The van der Waals surface area contributed by atoms with E-state index in [9.17, 15) is 9.59 Å². The topological polar surface area (TPSA) is 102 Å². The number of anilines is 1. The Hall–Kier alpha value is -2.81. The summed E-state index contributed by atoms with van der Waals surface area (Å²) in [6.07, 6.45) is 1.25. The number of nitriles is 1. The Morgan fingerprint density at radius 3 is 2.32 bits per heavy atom. The zero-order chi connectivity index (χ0) is 16.8. The second-order valence-corrected chi connectivity index (χ2v) is 5.72. The molecule has 1 aromatic carbocycles. The summed E-state index contributed by atoms with van der Waals surface area (Å²) in [4.78, 5) is 22.0. The first kappa shape index (κ1) is 17.2. The second kappa shape index (κ2) is 7.27. The zero-order valence-electron chi connectivity index (χ0n) is 12.8. The average Bonchev–Trinajstić information content (AvgIpc) is 2.45. The summed E-state index contributed by atoms with van der Waals surface area (Å²) in [7, 11) is 0. The van der Waals surface area contributed by atoms with Crippen molar-refractivity contribution >= 4 is 17.6 Å². The van der Waals surface area contributed by atoms with E-state index < -0.39 is 18.4 Å². The molecule has 6 nitrogen and oxygen atoms in total. The number of benzene rings is 1. The van der Waals surface area contributed by atoms with Crippen LogP contribution < -0.4 is 10.6 Å². The number of carboxylic acids is 1. The molecule has 3 N–H and O–H groups in total. The number of rotatable bonds is 5. The summed E-state index contributed by atoms with van der Waals surface area (Å²) in [5.41, 5.74) is 1.75. The van der Waals surface area contributed by atoms with Crippen molar-refractivity contribution in [3.8, 4) is 6.07 Å². The lowest BCUT2D eigenvalue weighted by atomic mass is 9.87. The van der Waals surface area contributed by atoms with Crippen molar-refractivity contribution in [2.75, 3.05) is 11.9 Å². The van der Waals surface area contributed by atoms with Gasteiger partial charge in [0.15, 0.2) is 0 Å². The molecule has 116 valence electrons. The van der Waals surface area contributed by atoms with Crippen LogP contribution in [0.4, 0.5) is 5.69 Å². The first-order valence-electron chi connectivity index (χ1n) is 6.71. The van der Waals surface area contributed by atoms with E-state index >= 15 is 0 Å². The summed E-state index contributed by atoms with van der Waals surface area (Å²) in [5.74, 6) is -1.90. The van der Waals surface area contributed by atoms with Crippen LogP contribution in [0.3, 0.4) is 0 Å². The molecule has 0 saturated heterocycles. The van der Waals surface area contributed by atoms with Crippen molar-refractivity contribution in [3.63, 3.8) is 0 Å². The highest BCUT2D eigenvalue weighted by Gasteiger charge is 2.13. The number of hydrogen-bond acceptors (Lipinski definition) is 4. The van der Waals surface area contributed by atoms with Gasteiger partial charge in [-0.2, -0.15) is 5.26 Å². The van der Waals surface area contributed by atoms with Crippen LogP contribution in [-0.4, -0.2) is 23.5 Å². The average molecular weight is 301 g/mol. The number of nitrogens with zero attached hydrogens (tertiary/aromatic N) is 1. The van der Waals surface area contributed by atoms with Crippen LogP contribution in [0.2, 0.25) is 0 Å². The van der Waals surface area contributed by atoms with E-state index in [0.717, 1.165) is 5.69 Å². The van der Waals surface area contributed by atoms with Gasteiger partial charge in [-0.25, -0.2) is 0 Å². The van der Waals surface area contributed by atoms with E-state index in [1.807, 2.05) is 24.3 Å². The van der Waals surface area contributed by atoms with E-state index in [2.05, 4.69) is 31.4 Å². The number of nitrogens with one attached hydrogen (secondary N) is 2. The fourth-order valence-corrected chi connectivity index (χ4v) is 1.62. The van der Waals surface area contributed by atoms with Crippen molar-refractivity contribution in [1.29, 1.82) is 5.26 Å². The van der Waals surface area contributed by atoms with Gasteiger partial charge in [0.2, 0.25) is 0 Å². The molecule has 0 fully saturated rings. The Kier molecular flexibility index (Phi) is 5.70. The van der Waals surface area contributed by atoms with Gasteiger partial charge in [0.05, 0.1) is 0 Å². The first-order chi connectivity index (χ1) is 10.2. The van der Waals surface area contributed by atoms with E-state index in [1.54, 1.807) is 6.07 Å². The van der Waals surface area contributed by atoms with Gasteiger partial charge >= 0.3 is 5.97 Å². The first-order valence-corrected chi connectivity index (χ1v) is 6.71. The third-order valence-corrected chi connectivity index (χ3v) is 2.90. The molecule has 0 saturated carbocycles. The van der Waals surface area contributed by atoms with E-state index in [0.29, 0.717) is 0 Å². The van der Waals surface area contributed by atoms with Crippen LogP contribution in [0.5, 0.6) is 0 Å². The maximum absolute atomic E-state index is 11.6. The largest absolute Gasteiger partial charge is 0.480 e. The minimum atomic E-state index is -1.17. The van der Waals surface area contributed by atoms with Gasteiger partial charge in [0.1, 0.15) is 18.2 Å². The third kappa shape index (κ3) is 5.29. The van der Waals surface area contributed by atoms with Crippen molar-refractivity contribution < 1.29 is 14.7 Å². The maximum Gasteiger partial charge on any atom is 0.322 e. The Morgan fingerprint density at radius 2 is 1.86 bits per heavy atom. The predicted molar refractivity (Wildman–Crippen MR) is 83.1 cm³/mol. The van der Waals surface area contributed by atoms with Gasteiger partial charge in [-0.1, -0.05) is 32.9 Å². The fourth-order valence-electron chi connectivity index (χ4n) is 1.62. The highest BCUT2D eigenvalue weighted by atomic mass is 16.4. The van der Waals surface area contributed by atoms with E-state index in [1.165, 1.54) is 11.8 Å². The van der Waals surface area contributed by atoms with Gasteiger partial charge in [-0.3, -0.25) is 9.59 Å². The van der Waals surface area contributed by atoms with Crippen LogP contribution in [0, 0.1) is 11.3 Å². The summed E-state index contributed by atoms with van der Waals surface area (Å²) >= 11 is 0. The maximum atomic E-state index is 11.6. The molecule has 22 heavy (non-hydrogen) atoms. The lowest BCUT2D eigenvalue weighted by Crippen LogP contribution is -2.30. The van der Waals surface area contributed by atoms with Crippen LogP contribution in [0.15, 0.2) is 36.0 Å². The number of hydrogen-bond donors (Lipinski definition) is 3. The summed E-state index contributed by atoms with van der Waals surface area (Å²) in [5, 5.41) is 22.4. The molecule has 0 aromatic heterocycles. The molecule has 0 aliphatic carbocycles. The van der Waals surface area contributed by atoms with Crippen LogP contribution in [0.1, 0.15) is 26.3 Å². The summed E-state index contributed by atoms with van der Waals surface area (Å²) in [6, 6.07) is 9.35. The van der Waals surface area contributed by atoms with Crippen molar-refractivity contribution in [1.82, 2.24) is 5.32 Å². The molecule has 0 atom stereocenters. The number of aliphatic carboxylic acids is 1. The molecule has 0 aliphatic rings. The fraction of sp³-hybridized carbons (Fsp3) is 0.312. The van der Waals surface area contributed by atoms with Crippen LogP contribution >= 0.6 is 0 Å². The number of carbonyl (C=O) groups is 2. The van der Waals surface area contributed by atoms with Crippen molar-refractivity contribution in [2.45, 2.75) is 26.2 Å². The van der Waals surface area contributed by atoms with Gasteiger partial charge in [-0.15, -0.1) is 0 Å². The summed E-state index contributed by atoms with van der Waals surface area (Å²) in [6.45, 7) is 5.79. The van der Waals surface area contributed by atoms with Crippen molar-refractivity contribution in [2.24, 2.45) is 0 Å². The molecule has 0 unspecified atom stereocenters. The highest BCUT2D eigenvalue weighted by Crippen LogP contribution is 2.23. The Morgan fingerprint density at radius 1 is 1.27 bits per heavy atom. The quantitative estimate of drug-likeness (QED) is 0.570. The Balaban J connectivity index is 2.74. The van der Waals surface area contributed by atoms with E-state index in [-0.39, 0.29) is 11.0 Å². The molecular weight excluding hydrogens is 282 g/mol. The molecule has 0 heterocycles. The van der Waals surface area contributed by atoms with Crippen LogP contribution in [0.25, 0.3) is 0 Å². The second-order valence-electron chi connectivity index (χ2n) is 5.72. The zero-order valence-corrected chi connectivity index (χ0v) is 12.8. The highest BCUT2D eigenvalue weighted by molar-refractivity contribution is 5.98. The molecule has 1 rings (SSSR count). The van der Waals surface area contributed by atoms with Gasteiger partial charge in [0.25, 0.3) is 5.91 Å². The van der Waals surface area contributed by atoms with Gasteiger partial charge < -0.3 is 15.7 Å². The molecule has 0 radical (unpaired) electrons. The molecular formula is C16H19N3O3. The summed E-state index contributed by atoms with van der Waals surface area (Å²) < 4.78 is 0. The van der Waals surface area contributed by atoms with E-state index in [4.69, 9.17) is 10.4 Å². The predicted octanol–water partition coefficient (Wildman–Crippen LogP) is 2.00. The van der Waals surface area contributed by atoms with Crippen LogP contribution in [-0.2, 0) is 15.0 Å². The smallest absolute Gasteiger partial charge is 0.322 e. The molecule has 6 heteroatoms. The SMILES string of the molecule is CC(C)(C)c1ccc(N/C=C(/C#N)C(=O)NCC(=O)O)cc1. The standard InChI is InChI=1S/C16H19N3O3/c1-16(2,3)12-4-6-13(7-5-12)18-9-11(8-17)15(22)19-10-14(20)21/h4-7,9,18H,10H2,1-3H3,(H,19,22)(H,20,21)/b11-9-. The molecule has 0 spiro atoms. The molecule has 1 aromatic rings. The van der Waals surface area contributed by atoms with Gasteiger partial charge in [-0.05, 0) is 23.1 Å². The minimum absolute atomic E-state index is 0.0445. The molecule has 0 aliphatic heterocycles. The van der Waals surface area contributed by atoms with Crippen molar-refractivity contribution in [3.05, 3.63) is 41.6 Å². The number of amides is 1. The lowest BCUT2D eigenvalue weighted by Gasteiger charge is -2.19. The lowest BCUT2D eigenvalue weighted by molar-refractivity contribution is -0.137. The van der Waals surface area contributed by atoms with Gasteiger partial charge in [0, 0.05) is 11.9 Å². The molecule has 0 bridgehead atoms. The normalized spacial score (nSPS) is 11.5. The number of carbonyl (C=O) groups excluding carboxylic acids is 1. The Bertz CT molecular complexity index is 620. The monoisotopic (exact) mass is 301 g/mol. The third-order valence-electron chi connectivity index (χ3n) is 2.90. The molecule has 1 amide bonds. The number of carboxylic acid groups (broad SMARTS) is 1. The minimum Gasteiger partial charge on any atom is -0.480 e.